The van der Waals surface area contributed by atoms with Crippen molar-refractivity contribution in [2.24, 2.45) is 5.92 Å². The van der Waals surface area contributed by atoms with E-state index in [2.05, 4.69) is 62.5 Å². The van der Waals surface area contributed by atoms with Gasteiger partial charge in [0, 0.05) is 6.04 Å². The summed E-state index contributed by atoms with van der Waals surface area (Å²) in [5.74, 6) is 1.58. The van der Waals surface area contributed by atoms with E-state index in [-0.39, 0.29) is 0 Å². The molecule has 1 aliphatic rings. The summed E-state index contributed by atoms with van der Waals surface area (Å²) in [5, 5.41) is 3.46. The second kappa shape index (κ2) is 6.19. The lowest BCUT2D eigenvalue weighted by atomic mass is 10.1. The molecule has 1 heteroatoms. The van der Waals surface area contributed by atoms with Crippen LogP contribution in [0.1, 0.15) is 45.1 Å². The summed E-state index contributed by atoms with van der Waals surface area (Å²) in [4.78, 5) is 0. The van der Waals surface area contributed by atoms with Gasteiger partial charge in [-0.15, -0.1) is 0 Å². The van der Waals surface area contributed by atoms with E-state index in [1.807, 2.05) is 0 Å². The third-order valence-electron chi connectivity index (χ3n) is 3.77. The molecule has 0 spiro atoms. The number of hydrogen-bond donors (Lipinski definition) is 1. The smallest absolute Gasteiger partial charge is 0.00105 e. The molecule has 1 saturated carbocycles. The fraction of sp³-hybridized carbons (Fsp3) is 0.529. The third-order valence-corrected chi connectivity index (χ3v) is 3.77. The highest BCUT2D eigenvalue weighted by molar-refractivity contribution is 5.31. The van der Waals surface area contributed by atoms with Crippen molar-refractivity contribution in [3.8, 4) is 0 Å². The Hall–Kier alpha value is -1.08. The molecule has 1 aromatic rings. The summed E-state index contributed by atoms with van der Waals surface area (Å²) >= 11 is 0. The van der Waals surface area contributed by atoms with Gasteiger partial charge in [-0.05, 0) is 43.7 Å². The van der Waals surface area contributed by atoms with Crippen LogP contribution in [0.5, 0.6) is 0 Å². The lowest BCUT2D eigenvalue weighted by molar-refractivity contribution is 0.593. The molecule has 0 bridgehead atoms. The molecule has 2 atom stereocenters. The second-order valence-electron chi connectivity index (χ2n) is 5.71. The normalized spacial score (nSPS) is 23.4. The summed E-state index contributed by atoms with van der Waals surface area (Å²) in [6, 6.07) is 11.5. The van der Waals surface area contributed by atoms with Crippen molar-refractivity contribution in [2.75, 3.05) is 6.54 Å². The Balaban J connectivity index is 1.78. The van der Waals surface area contributed by atoms with Crippen LogP contribution in [-0.4, -0.2) is 12.6 Å². The van der Waals surface area contributed by atoms with E-state index < -0.39 is 0 Å². The molecule has 0 aliphatic heterocycles. The minimum absolute atomic E-state index is 0.594. The molecule has 98 valence electrons. The van der Waals surface area contributed by atoms with Gasteiger partial charge in [0.25, 0.3) is 0 Å². The van der Waals surface area contributed by atoms with Crippen LogP contribution in [0, 0.1) is 5.92 Å². The standard InChI is InChI=1S/C17H25N/c1-13(2)18-11-7-8-14(3)16-12-17(16)15-9-5-4-6-10-15/h4-6,8-10,13,16-18H,7,11-12H2,1-3H3/b14-8-. The van der Waals surface area contributed by atoms with E-state index in [9.17, 15) is 0 Å². The Morgan fingerprint density at radius 1 is 1.33 bits per heavy atom. The van der Waals surface area contributed by atoms with Crippen molar-refractivity contribution in [3.63, 3.8) is 0 Å². The lowest BCUT2D eigenvalue weighted by Gasteiger charge is -2.06. The van der Waals surface area contributed by atoms with Crippen molar-refractivity contribution < 1.29 is 0 Å². The van der Waals surface area contributed by atoms with Crippen LogP contribution >= 0.6 is 0 Å². The number of nitrogens with one attached hydrogen (secondary N) is 1. The molecule has 0 amide bonds. The molecule has 1 nitrogen and oxygen atoms in total. The lowest BCUT2D eigenvalue weighted by Crippen LogP contribution is -2.23. The average molecular weight is 243 g/mol. The first kappa shape index (κ1) is 13.4. The number of hydrogen-bond acceptors (Lipinski definition) is 1. The average Bonchev–Trinajstić information content (AvgIpc) is 3.15. The van der Waals surface area contributed by atoms with E-state index in [1.54, 1.807) is 5.57 Å². The highest BCUT2D eigenvalue weighted by Gasteiger charge is 2.38. The first-order valence-corrected chi connectivity index (χ1v) is 7.13. The second-order valence-corrected chi connectivity index (χ2v) is 5.71. The van der Waals surface area contributed by atoms with E-state index >= 15 is 0 Å². The summed E-state index contributed by atoms with van der Waals surface area (Å²) in [6.07, 6.45) is 4.91. The monoisotopic (exact) mass is 243 g/mol. The van der Waals surface area contributed by atoms with Gasteiger partial charge in [-0.1, -0.05) is 55.8 Å². The molecule has 2 unspecified atom stereocenters. The molecule has 0 radical (unpaired) electrons. The summed E-state index contributed by atoms with van der Waals surface area (Å²) in [7, 11) is 0. The highest BCUT2D eigenvalue weighted by Crippen LogP contribution is 2.51. The van der Waals surface area contributed by atoms with Gasteiger partial charge in [-0.2, -0.15) is 0 Å². The maximum atomic E-state index is 3.46. The zero-order valence-corrected chi connectivity index (χ0v) is 11.8. The zero-order chi connectivity index (χ0) is 13.0. The third kappa shape index (κ3) is 3.71. The predicted octanol–water partition coefficient (Wildman–Crippen LogP) is 4.12. The summed E-state index contributed by atoms with van der Waals surface area (Å²) in [5.41, 5.74) is 3.09. The first-order chi connectivity index (χ1) is 8.68. The molecule has 1 aliphatic carbocycles. The van der Waals surface area contributed by atoms with Crippen molar-refractivity contribution in [1.82, 2.24) is 5.32 Å². The van der Waals surface area contributed by atoms with Crippen molar-refractivity contribution in [1.29, 1.82) is 0 Å². The SMILES string of the molecule is C/C(=C/CCNC(C)C)C1CC1c1ccccc1. The van der Waals surface area contributed by atoms with Gasteiger partial charge < -0.3 is 5.32 Å². The van der Waals surface area contributed by atoms with Crippen LogP contribution in [0.3, 0.4) is 0 Å². The van der Waals surface area contributed by atoms with Crippen LogP contribution in [-0.2, 0) is 0 Å². The maximum Gasteiger partial charge on any atom is 0.00105 e. The van der Waals surface area contributed by atoms with Gasteiger partial charge in [0.2, 0.25) is 0 Å². The summed E-state index contributed by atoms with van der Waals surface area (Å²) < 4.78 is 0. The zero-order valence-electron chi connectivity index (χ0n) is 11.8. The van der Waals surface area contributed by atoms with Crippen molar-refractivity contribution >= 4 is 0 Å². The van der Waals surface area contributed by atoms with E-state index in [4.69, 9.17) is 0 Å². The number of benzene rings is 1. The van der Waals surface area contributed by atoms with Crippen LogP contribution in [0.2, 0.25) is 0 Å². The minimum Gasteiger partial charge on any atom is -0.314 e. The Morgan fingerprint density at radius 3 is 2.72 bits per heavy atom. The van der Waals surface area contributed by atoms with Gasteiger partial charge in [0.1, 0.15) is 0 Å². The quantitative estimate of drug-likeness (QED) is 0.585. The largest absolute Gasteiger partial charge is 0.314 e. The van der Waals surface area contributed by atoms with E-state index in [0.29, 0.717) is 6.04 Å². The maximum absolute atomic E-state index is 3.46. The Kier molecular flexibility index (Phi) is 4.60. The van der Waals surface area contributed by atoms with Gasteiger partial charge in [-0.3, -0.25) is 0 Å². The van der Waals surface area contributed by atoms with Gasteiger partial charge in [0.05, 0.1) is 0 Å². The molecule has 1 N–H and O–H groups in total. The Bertz CT molecular complexity index is 391. The number of rotatable bonds is 6. The molecule has 2 rings (SSSR count). The summed E-state index contributed by atoms with van der Waals surface area (Å²) in [6.45, 7) is 7.78. The predicted molar refractivity (Wildman–Crippen MR) is 78.8 cm³/mol. The molecule has 1 fully saturated rings. The van der Waals surface area contributed by atoms with E-state index in [1.165, 1.54) is 12.0 Å². The first-order valence-electron chi connectivity index (χ1n) is 7.13. The molecular weight excluding hydrogens is 218 g/mol. The van der Waals surface area contributed by atoms with Crippen LogP contribution in [0.4, 0.5) is 0 Å². The van der Waals surface area contributed by atoms with Crippen molar-refractivity contribution in [2.45, 2.75) is 45.6 Å². The number of allylic oxidation sites excluding steroid dienone is 1. The van der Waals surface area contributed by atoms with Crippen molar-refractivity contribution in [3.05, 3.63) is 47.5 Å². The molecule has 0 saturated heterocycles. The van der Waals surface area contributed by atoms with Gasteiger partial charge >= 0.3 is 0 Å². The minimum atomic E-state index is 0.594. The fourth-order valence-electron chi connectivity index (χ4n) is 2.59. The topological polar surface area (TPSA) is 12.0 Å². The Labute approximate surface area is 111 Å². The Morgan fingerprint density at radius 2 is 2.06 bits per heavy atom. The molecule has 1 aromatic carbocycles. The van der Waals surface area contributed by atoms with E-state index in [0.717, 1.165) is 24.8 Å². The fourth-order valence-corrected chi connectivity index (χ4v) is 2.59. The molecule has 0 aromatic heterocycles. The van der Waals surface area contributed by atoms with Gasteiger partial charge in [-0.25, -0.2) is 0 Å². The van der Waals surface area contributed by atoms with Crippen LogP contribution < -0.4 is 5.32 Å². The molecule has 0 heterocycles. The van der Waals surface area contributed by atoms with Crippen LogP contribution in [0.15, 0.2) is 42.0 Å². The molecule has 18 heavy (non-hydrogen) atoms. The van der Waals surface area contributed by atoms with Gasteiger partial charge in [0.15, 0.2) is 0 Å². The highest BCUT2D eigenvalue weighted by atomic mass is 14.9. The van der Waals surface area contributed by atoms with Crippen LogP contribution in [0.25, 0.3) is 0 Å². The molecular formula is C17H25N.